The summed E-state index contributed by atoms with van der Waals surface area (Å²) in [7, 11) is 0. The molecule has 0 N–H and O–H groups in total. The van der Waals surface area contributed by atoms with Gasteiger partial charge in [-0.15, -0.1) is 0 Å². The van der Waals surface area contributed by atoms with Gasteiger partial charge >= 0.3 is 0 Å². The van der Waals surface area contributed by atoms with Crippen LogP contribution in [0.1, 0.15) is 108 Å². The molecule has 1 heteroatoms. The van der Waals surface area contributed by atoms with Crippen molar-refractivity contribution in [1.82, 2.24) is 0 Å². The van der Waals surface area contributed by atoms with Gasteiger partial charge in [-0.25, -0.2) is 0 Å². The van der Waals surface area contributed by atoms with E-state index in [0.29, 0.717) is 0 Å². The Balaban J connectivity index is 1.12. The van der Waals surface area contributed by atoms with E-state index < -0.39 is 10.8 Å². The number of benzene rings is 10. The molecular weight excluding hydrogens is 879 g/mol. The third-order valence-electron chi connectivity index (χ3n) is 16.0. The molecule has 73 heavy (non-hydrogen) atoms. The van der Waals surface area contributed by atoms with Crippen molar-refractivity contribution >= 4 is 17.1 Å². The van der Waals surface area contributed by atoms with Crippen molar-refractivity contribution in [3.05, 3.63) is 303 Å². The van der Waals surface area contributed by atoms with Crippen molar-refractivity contribution < 1.29 is 0 Å². The number of rotatable bonds is 8. The van der Waals surface area contributed by atoms with Crippen molar-refractivity contribution in [3.8, 4) is 33.4 Å². The van der Waals surface area contributed by atoms with E-state index >= 15 is 0 Å². The van der Waals surface area contributed by atoms with Crippen molar-refractivity contribution in [3.63, 3.8) is 0 Å². The van der Waals surface area contributed by atoms with Crippen LogP contribution in [-0.4, -0.2) is 0 Å². The van der Waals surface area contributed by atoms with Crippen LogP contribution in [-0.2, 0) is 21.7 Å². The summed E-state index contributed by atoms with van der Waals surface area (Å²) in [4.78, 5) is 2.51. The summed E-state index contributed by atoms with van der Waals surface area (Å²) in [6.07, 6.45) is 0. The van der Waals surface area contributed by atoms with Crippen LogP contribution in [0.3, 0.4) is 0 Å². The fourth-order valence-corrected chi connectivity index (χ4v) is 12.6. The van der Waals surface area contributed by atoms with Crippen LogP contribution in [0.25, 0.3) is 33.4 Å². The van der Waals surface area contributed by atoms with Crippen molar-refractivity contribution in [2.45, 2.75) is 77.0 Å². The molecule has 356 valence electrons. The summed E-state index contributed by atoms with van der Waals surface area (Å²) in [6.45, 7) is 18.2. The molecule has 0 saturated carbocycles. The van der Waals surface area contributed by atoms with Gasteiger partial charge in [0.25, 0.3) is 0 Å². The first kappa shape index (κ1) is 46.1. The van der Waals surface area contributed by atoms with E-state index in [1.165, 1.54) is 100 Å². The molecule has 10 aromatic rings. The molecule has 1 nitrogen and oxygen atoms in total. The van der Waals surface area contributed by atoms with Gasteiger partial charge in [-0.05, 0) is 150 Å². The third kappa shape index (κ3) is 7.43. The van der Waals surface area contributed by atoms with Gasteiger partial charge in [0, 0.05) is 17.1 Å². The number of aryl methyl sites for hydroxylation is 2. The van der Waals surface area contributed by atoms with Gasteiger partial charge in [-0.2, -0.15) is 0 Å². The second-order valence-electron chi connectivity index (χ2n) is 22.7. The lowest BCUT2D eigenvalue weighted by Crippen LogP contribution is -2.29. The Morgan fingerprint density at radius 2 is 0.644 bits per heavy atom. The molecule has 2 aliphatic carbocycles. The highest BCUT2D eigenvalue weighted by Crippen LogP contribution is 2.60. The lowest BCUT2D eigenvalue weighted by molar-refractivity contribution is 0.589. The molecule has 2 aliphatic rings. The molecule has 10 aromatic carbocycles. The standard InChI is InChI=1S/C72H63N/c1-48-43-49(2)45-51(44-48)50-27-37-58(38-28-50)73(59-39-41-63-61-23-15-17-25-65(61)71(67(63)46-59,54-19-11-9-12-20-54)56-33-29-52(30-34-56)69(3,4)5)60-40-42-64-62-24-16-18-26-66(62)72(68(64)47-60,55-21-13-10-14-22-55)57-35-31-53(32-36-57)70(6,7)8/h9-47H,1-8H3. The van der Waals surface area contributed by atoms with Crippen LogP contribution in [0.15, 0.2) is 237 Å². The zero-order valence-electron chi connectivity index (χ0n) is 43.5. The van der Waals surface area contributed by atoms with Crippen molar-refractivity contribution in [2.24, 2.45) is 0 Å². The number of fused-ring (bicyclic) bond motifs is 6. The highest BCUT2D eigenvalue weighted by atomic mass is 15.1. The molecule has 2 atom stereocenters. The molecule has 0 spiro atoms. The minimum absolute atomic E-state index is 0.0243. The molecule has 0 amide bonds. The predicted octanol–water partition coefficient (Wildman–Crippen LogP) is 18.8. The zero-order valence-corrected chi connectivity index (χ0v) is 43.5. The summed E-state index contributed by atoms with van der Waals surface area (Å²) in [5.74, 6) is 0. The van der Waals surface area contributed by atoms with E-state index in [9.17, 15) is 0 Å². The highest BCUT2D eigenvalue weighted by molar-refractivity contribution is 5.92. The smallest absolute Gasteiger partial charge is 0.0714 e. The summed E-state index contributed by atoms with van der Waals surface area (Å²) >= 11 is 0. The number of anilines is 3. The van der Waals surface area contributed by atoms with Gasteiger partial charge in [0.1, 0.15) is 0 Å². The average molecular weight is 942 g/mol. The van der Waals surface area contributed by atoms with Gasteiger partial charge in [-0.1, -0.05) is 253 Å². The van der Waals surface area contributed by atoms with Crippen LogP contribution in [0.2, 0.25) is 0 Å². The summed E-state index contributed by atoms with van der Waals surface area (Å²) in [5, 5.41) is 0. The normalized spacial score (nSPS) is 16.6. The van der Waals surface area contributed by atoms with Crippen molar-refractivity contribution in [1.29, 1.82) is 0 Å². The Hall–Kier alpha value is -8.00. The van der Waals surface area contributed by atoms with Crippen LogP contribution >= 0.6 is 0 Å². The van der Waals surface area contributed by atoms with Gasteiger partial charge in [0.15, 0.2) is 0 Å². The van der Waals surface area contributed by atoms with Gasteiger partial charge in [-0.3, -0.25) is 0 Å². The monoisotopic (exact) mass is 941 g/mol. The maximum absolute atomic E-state index is 2.51. The maximum atomic E-state index is 2.51. The third-order valence-corrected chi connectivity index (χ3v) is 16.0. The van der Waals surface area contributed by atoms with E-state index in [0.717, 1.165) is 17.1 Å². The molecule has 0 heterocycles. The number of hydrogen-bond donors (Lipinski definition) is 0. The molecule has 0 bridgehead atoms. The van der Waals surface area contributed by atoms with Gasteiger partial charge in [0.05, 0.1) is 10.8 Å². The highest BCUT2D eigenvalue weighted by Gasteiger charge is 2.48. The van der Waals surface area contributed by atoms with Crippen molar-refractivity contribution in [2.75, 3.05) is 4.90 Å². The van der Waals surface area contributed by atoms with E-state index in [-0.39, 0.29) is 10.8 Å². The minimum Gasteiger partial charge on any atom is -0.310 e. The average Bonchev–Trinajstić information content (AvgIpc) is 3.87. The van der Waals surface area contributed by atoms with E-state index in [1.807, 2.05) is 0 Å². The summed E-state index contributed by atoms with van der Waals surface area (Å²) < 4.78 is 0. The molecule has 0 aromatic heterocycles. The Kier molecular flexibility index (Phi) is 11.0. The Labute approximate surface area is 433 Å². The fraction of sp³-hybridized carbons (Fsp3) is 0.167. The first-order valence-electron chi connectivity index (χ1n) is 26.1. The number of nitrogens with zero attached hydrogens (tertiary/aromatic N) is 1. The molecule has 2 unspecified atom stereocenters. The lowest BCUT2D eigenvalue weighted by atomic mass is 9.67. The zero-order chi connectivity index (χ0) is 50.3. The number of hydrogen-bond acceptors (Lipinski definition) is 1. The SMILES string of the molecule is Cc1cc(C)cc(-c2ccc(N(c3ccc4c(c3)C(c3ccccc3)(c3ccc(C(C)(C)C)cc3)c3ccccc3-4)c3ccc4c(c3)C(c3ccccc3)(c3ccc(C(C)(C)C)cc3)c3ccccc3-4)cc2)c1. The van der Waals surface area contributed by atoms with E-state index in [4.69, 9.17) is 0 Å². The first-order valence-corrected chi connectivity index (χ1v) is 26.1. The maximum Gasteiger partial charge on any atom is 0.0714 e. The topological polar surface area (TPSA) is 3.24 Å². The molecule has 12 rings (SSSR count). The molecule has 0 saturated heterocycles. The first-order chi connectivity index (χ1) is 35.3. The second kappa shape index (κ2) is 17.3. The van der Waals surface area contributed by atoms with Gasteiger partial charge in [0.2, 0.25) is 0 Å². The summed E-state index contributed by atoms with van der Waals surface area (Å²) in [6, 6.07) is 90.2. The van der Waals surface area contributed by atoms with Gasteiger partial charge < -0.3 is 4.90 Å². The Morgan fingerprint density at radius 3 is 1.05 bits per heavy atom. The molecule has 0 radical (unpaired) electrons. The van der Waals surface area contributed by atoms with Crippen LogP contribution < -0.4 is 4.90 Å². The largest absolute Gasteiger partial charge is 0.310 e. The molecule has 0 fully saturated rings. The summed E-state index contributed by atoms with van der Waals surface area (Å²) in [5.41, 5.74) is 25.1. The minimum atomic E-state index is -0.570. The van der Waals surface area contributed by atoms with E-state index in [1.54, 1.807) is 0 Å². The van der Waals surface area contributed by atoms with Crippen LogP contribution in [0, 0.1) is 13.8 Å². The Bertz CT molecular complexity index is 3460. The lowest BCUT2D eigenvalue weighted by Gasteiger charge is -2.36. The fourth-order valence-electron chi connectivity index (χ4n) is 12.6. The quantitative estimate of drug-likeness (QED) is 0.147. The van der Waals surface area contributed by atoms with Crippen LogP contribution in [0.4, 0.5) is 17.1 Å². The molecule has 0 aliphatic heterocycles. The van der Waals surface area contributed by atoms with E-state index in [2.05, 4.69) is 297 Å². The second-order valence-corrected chi connectivity index (χ2v) is 22.7. The Morgan fingerprint density at radius 1 is 0.288 bits per heavy atom. The van der Waals surface area contributed by atoms with Crippen LogP contribution in [0.5, 0.6) is 0 Å². The molecular formula is C72H63N. The predicted molar refractivity (Wildman–Crippen MR) is 308 cm³/mol.